The lowest BCUT2D eigenvalue weighted by Crippen LogP contribution is -2.27. The molecule has 3 heteroatoms. The predicted octanol–water partition coefficient (Wildman–Crippen LogP) is 2.45. The minimum absolute atomic E-state index is 0.112. The van der Waals surface area contributed by atoms with E-state index in [-0.39, 0.29) is 6.61 Å². The topological polar surface area (TPSA) is 32.7 Å². The van der Waals surface area contributed by atoms with Gasteiger partial charge in [0, 0.05) is 12.6 Å². The van der Waals surface area contributed by atoms with E-state index in [9.17, 15) is 0 Å². The van der Waals surface area contributed by atoms with E-state index in [1.807, 2.05) is 0 Å². The fraction of sp³-hybridized carbons (Fsp3) is 0.625. The van der Waals surface area contributed by atoms with Gasteiger partial charge in [0.2, 0.25) is 0 Å². The second-order valence-corrected chi connectivity index (χ2v) is 5.37. The van der Waals surface area contributed by atoms with E-state index in [0.29, 0.717) is 19.3 Å². The molecule has 2 rings (SSSR count). The minimum Gasteiger partial charge on any atom is -0.394 e. The van der Waals surface area contributed by atoms with Crippen LogP contribution < -0.4 is 0 Å². The highest BCUT2D eigenvalue weighted by molar-refractivity contribution is 5.32. The standard InChI is InChI=1S/C16H25NO2/c1-13-5-6-15(12-14(13)2)16-4-3-7-17(16)8-10-19-11-9-18/h5-6,12,16,18H,3-4,7-11H2,1-2H3. The third kappa shape index (κ3) is 3.78. The number of aliphatic hydroxyl groups is 1. The van der Waals surface area contributed by atoms with Gasteiger partial charge in [-0.2, -0.15) is 0 Å². The molecule has 1 N–H and O–H groups in total. The number of hydrogen-bond donors (Lipinski definition) is 1. The van der Waals surface area contributed by atoms with Crippen molar-refractivity contribution in [2.24, 2.45) is 0 Å². The molecule has 1 aliphatic rings. The van der Waals surface area contributed by atoms with Crippen molar-refractivity contribution >= 4 is 0 Å². The van der Waals surface area contributed by atoms with E-state index < -0.39 is 0 Å². The van der Waals surface area contributed by atoms with Crippen LogP contribution in [-0.4, -0.2) is 42.9 Å². The van der Waals surface area contributed by atoms with Gasteiger partial charge in [0.25, 0.3) is 0 Å². The largest absolute Gasteiger partial charge is 0.394 e. The molecule has 1 atom stereocenters. The molecule has 1 heterocycles. The maximum atomic E-state index is 8.71. The van der Waals surface area contributed by atoms with Crippen LogP contribution in [-0.2, 0) is 4.74 Å². The summed E-state index contributed by atoms with van der Waals surface area (Å²) in [5, 5.41) is 8.71. The zero-order valence-electron chi connectivity index (χ0n) is 12.1. The van der Waals surface area contributed by atoms with Gasteiger partial charge in [-0.3, -0.25) is 4.90 Å². The van der Waals surface area contributed by atoms with Gasteiger partial charge in [-0.05, 0) is 49.9 Å². The van der Waals surface area contributed by atoms with Crippen LogP contribution in [0, 0.1) is 13.8 Å². The SMILES string of the molecule is Cc1ccc(C2CCCN2CCOCCO)cc1C. The van der Waals surface area contributed by atoms with E-state index in [0.717, 1.165) is 13.1 Å². The van der Waals surface area contributed by atoms with Gasteiger partial charge in [-0.15, -0.1) is 0 Å². The third-order valence-electron chi connectivity index (χ3n) is 4.04. The Morgan fingerprint density at radius 2 is 2.11 bits per heavy atom. The number of hydrogen-bond acceptors (Lipinski definition) is 3. The van der Waals surface area contributed by atoms with Gasteiger partial charge in [0.05, 0.1) is 19.8 Å². The summed E-state index contributed by atoms with van der Waals surface area (Å²) in [7, 11) is 0. The van der Waals surface area contributed by atoms with Crippen LogP contribution in [0.25, 0.3) is 0 Å². The van der Waals surface area contributed by atoms with E-state index >= 15 is 0 Å². The van der Waals surface area contributed by atoms with E-state index in [2.05, 4.69) is 36.9 Å². The Morgan fingerprint density at radius 1 is 1.26 bits per heavy atom. The van der Waals surface area contributed by atoms with Crippen LogP contribution in [0.1, 0.15) is 35.6 Å². The van der Waals surface area contributed by atoms with Crippen LogP contribution in [0.3, 0.4) is 0 Å². The number of rotatable bonds is 6. The number of ether oxygens (including phenoxy) is 1. The average Bonchev–Trinajstić information content (AvgIpc) is 2.86. The molecule has 19 heavy (non-hydrogen) atoms. The van der Waals surface area contributed by atoms with Crippen LogP contribution in [0.5, 0.6) is 0 Å². The summed E-state index contributed by atoms with van der Waals surface area (Å²) in [6.45, 7) is 7.72. The average molecular weight is 263 g/mol. The molecule has 106 valence electrons. The third-order valence-corrected chi connectivity index (χ3v) is 4.04. The summed E-state index contributed by atoms with van der Waals surface area (Å²) in [5.74, 6) is 0. The summed E-state index contributed by atoms with van der Waals surface area (Å²) < 4.78 is 5.38. The maximum Gasteiger partial charge on any atom is 0.0698 e. The van der Waals surface area contributed by atoms with E-state index in [1.165, 1.54) is 29.5 Å². The highest BCUT2D eigenvalue weighted by Gasteiger charge is 2.25. The number of nitrogens with zero attached hydrogens (tertiary/aromatic N) is 1. The Labute approximate surface area is 116 Å². The smallest absolute Gasteiger partial charge is 0.0698 e. The van der Waals surface area contributed by atoms with Crippen molar-refractivity contribution in [3.05, 3.63) is 34.9 Å². The summed E-state index contributed by atoms with van der Waals surface area (Å²) >= 11 is 0. The first-order valence-corrected chi connectivity index (χ1v) is 7.22. The summed E-state index contributed by atoms with van der Waals surface area (Å²) in [4.78, 5) is 2.50. The first-order valence-electron chi connectivity index (χ1n) is 7.22. The molecule has 1 aliphatic heterocycles. The molecule has 0 amide bonds. The van der Waals surface area contributed by atoms with Crippen LogP contribution >= 0.6 is 0 Å². The normalized spacial score (nSPS) is 20.1. The van der Waals surface area contributed by atoms with Crippen molar-refractivity contribution in [1.82, 2.24) is 4.90 Å². The number of aliphatic hydroxyl groups excluding tert-OH is 1. The first-order chi connectivity index (χ1) is 9.22. The molecule has 1 saturated heterocycles. The Bertz CT molecular complexity index is 406. The van der Waals surface area contributed by atoms with E-state index in [1.54, 1.807) is 0 Å². The Balaban J connectivity index is 1.95. The van der Waals surface area contributed by atoms with Crippen LogP contribution in [0.15, 0.2) is 18.2 Å². The summed E-state index contributed by atoms with van der Waals surface area (Å²) in [5.41, 5.74) is 4.17. The fourth-order valence-corrected chi connectivity index (χ4v) is 2.79. The highest BCUT2D eigenvalue weighted by Crippen LogP contribution is 2.32. The predicted molar refractivity (Wildman–Crippen MR) is 77.4 cm³/mol. The molecule has 3 nitrogen and oxygen atoms in total. The Kier molecular flexibility index (Phi) is 5.37. The summed E-state index contributed by atoms with van der Waals surface area (Å²) in [6, 6.07) is 7.35. The molecule has 1 unspecified atom stereocenters. The fourth-order valence-electron chi connectivity index (χ4n) is 2.79. The Morgan fingerprint density at radius 3 is 2.84 bits per heavy atom. The van der Waals surface area contributed by atoms with Crippen molar-refractivity contribution in [2.75, 3.05) is 32.9 Å². The second kappa shape index (κ2) is 7.04. The van der Waals surface area contributed by atoms with Gasteiger partial charge in [0.1, 0.15) is 0 Å². The highest BCUT2D eigenvalue weighted by atomic mass is 16.5. The molecule has 0 spiro atoms. The minimum atomic E-state index is 0.112. The molecule has 1 aromatic carbocycles. The monoisotopic (exact) mass is 263 g/mol. The maximum absolute atomic E-state index is 8.71. The van der Waals surface area contributed by atoms with Crippen molar-refractivity contribution in [3.63, 3.8) is 0 Å². The van der Waals surface area contributed by atoms with Crippen LogP contribution in [0.2, 0.25) is 0 Å². The number of aryl methyl sites for hydroxylation is 2. The lowest BCUT2D eigenvalue weighted by Gasteiger charge is -2.25. The van der Waals surface area contributed by atoms with Gasteiger partial charge in [0.15, 0.2) is 0 Å². The van der Waals surface area contributed by atoms with Gasteiger partial charge < -0.3 is 9.84 Å². The van der Waals surface area contributed by atoms with Crippen molar-refractivity contribution in [3.8, 4) is 0 Å². The lowest BCUT2D eigenvalue weighted by atomic mass is 9.99. The molecular formula is C16H25NO2. The zero-order chi connectivity index (χ0) is 13.7. The Hall–Kier alpha value is -0.900. The second-order valence-electron chi connectivity index (χ2n) is 5.37. The van der Waals surface area contributed by atoms with Gasteiger partial charge >= 0.3 is 0 Å². The molecule has 0 bridgehead atoms. The van der Waals surface area contributed by atoms with Gasteiger partial charge in [-0.1, -0.05) is 18.2 Å². The number of likely N-dealkylation sites (tertiary alicyclic amines) is 1. The molecule has 1 fully saturated rings. The number of benzene rings is 1. The quantitative estimate of drug-likeness (QED) is 0.800. The van der Waals surface area contributed by atoms with Crippen molar-refractivity contribution < 1.29 is 9.84 Å². The zero-order valence-corrected chi connectivity index (χ0v) is 12.1. The molecule has 0 aromatic heterocycles. The molecule has 0 radical (unpaired) electrons. The first kappa shape index (κ1) is 14.5. The van der Waals surface area contributed by atoms with Crippen LogP contribution in [0.4, 0.5) is 0 Å². The van der Waals surface area contributed by atoms with Crippen molar-refractivity contribution in [2.45, 2.75) is 32.7 Å². The van der Waals surface area contributed by atoms with E-state index in [4.69, 9.17) is 9.84 Å². The lowest BCUT2D eigenvalue weighted by molar-refractivity contribution is 0.0709. The molecular weight excluding hydrogens is 238 g/mol. The molecule has 1 aromatic rings. The van der Waals surface area contributed by atoms with Gasteiger partial charge in [-0.25, -0.2) is 0 Å². The summed E-state index contributed by atoms with van der Waals surface area (Å²) in [6.07, 6.45) is 2.50. The molecule has 0 saturated carbocycles. The van der Waals surface area contributed by atoms with Crippen molar-refractivity contribution in [1.29, 1.82) is 0 Å². The molecule has 0 aliphatic carbocycles.